The fourth-order valence-corrected chi connectivity index (χ4v) is 1.89. The van der Waals surface area contributed by atoms with Gasteiger partial charge in [0.15, 0.2) is 0 Å². The van der Waals surface area contributed by atoms with E-state index >= 15 is 0 Å². The number of hydrogen-bond donors (Lipinski definition) is 1. The van der Waals surface area contributed by atoms with Gasteiger partial charge >= 0.3 is 0 Å². The summed E-state index contributed by atoms with van der Waals surface area (Å²) in [5, 5.41) is 0. The Morgan fingerprint density at radius 3 is 3.07 bits per heavy atom. The van der Waals surface area contributed by atoms with E-state index in [2.05, 4.69) is 14.9 Å². The predicted molar refractivity (Wildman–Crippen MR) is 54.5 cm³/mol. The minimum atomic E-state index is 0.673. The van der Waals surface area contributed by atoms with E-state index in [0.29, 0.717) is 5.92 Å². The molecule has 0 spiro atoms. The normalized spacial score (nSPS) is 22.8. The van der Waals surface area contributed by atoms with Crippen LogP contribution < -0.4 is 5.73 Å². The summed E-state index contributed by atoms with van der Waals surface area (Å²) in [5.41, 5.74) is 6.68. The van der Waals surface area contributed by atoms with Crippen LogP contribution in [0.4, 0.5) is 0 Å². The Hall–Kier alpha value is -1.00. The van der Waals surface area contributed by atoms with Crippen molar-refractivity contribution in [3.8, 4) is 0 Å². The van der Waals surface area contributed by atoms with Crippen molar-refractivity contribution >= 4 is 0 Å². The van der Waals surface area contributed by atoms with E-state index in [1.807, 2.05) is 6.20 Å². The van der Waals surface area contributed by atoms with E-state index in [1.165, 1.54) is 6.42 Å². The Morgan fingerprint density at radius 1 is 1.50 bits per heavy atom. The molecule has 0 aromatic carbocycles. The second-order valence-corrected chi connectivity index (χ2v) is 3.82. The number of nitrogens with zero attached hydrogens (tertiary/aromatic N) is 3. The highest BCUT2D eigenvalue weighted by molar-refractivity contribution is 4.95. The Kier molecular flexibility index (Phi) is 3.06. The van der Waals surface area contributed by atoms with E-state index < -0.39 is 0 Å². The summed E-state index contributed by atoms with van der Waals surface area (Å²) >= 11 is 0. The quantitative estimate of drug-likeness (QED) is 0.746. The van der Waals surface area contributed by atoms with Gasteiger partial charge in [-0.15, -0.1) is 0 Å². The molecule has 2 rings (SSSR count). The van der Waals surface area contributed by atoms with Gasteiger partial charge in [0.05, 0.1) is 5.69 Å². The molecule has 0 aliphatic carbocycles. The Morgan fingerprint density at radius 2 is 2.43 bits per heavy atom. The molecule has 2 heterocycles. The van der Waals surface area contributed by atoms with E-state index in [-0.39, 0.29) is 0 Å². The van der Waals surface area contributed by atoms with Gasteiger partial charge in [0.2, 0.25) is 0 Å². The van der Waals surface area contributed by atoms with Gasteiger partial charge in [-0.05, 0) is 25.4 Å². The zero-order chi connectivity index (χ0) is 9.80. The van der Waals surface area contributed by atoms with E-state index in [9.17, 15) is 0 Å². The average Bonchev–Trinajstić information content (AvgIpc) is 2.67. The molecule has 2 N–H and O–H groups in total. The molecule has 1 aromatic heterocycles. The van der Waals surface area contributed by atoms with Gasteiger partial charge in [-0.2, -0.15) is 0 Å². The van der Waals surface area contributed by atoms with Crippen LogP contribution in [0.15, 0.2) is 18.6 Å². The molecule has 14 heavy (non-hydrogen) atoms. The van der Waals surface area contributed by atoms with Crippen LogP contribution >= 0.6 is 0 Å². The largest absolute Gasteiger partial charge is 0.330 e. The van der Waals surface area contributed by atoms with Crippen LogP contribution in [0.2, 0.25) is 0 Å². The monoisotopic (exact) mass is 192 g/mol. The maximum Gasteiger partial charge on any atom is 0.0726 e. The number of rotatable bonds is 3. The second kappa shape index (κ2) is 4.48. The minimum absolute atomic E-state index is 0.673. The highest BCUT2D eigenvalue weighted by atomic mass is 15.2. The van der Waals surface area contributed by atoms with Crippen molar-refractivity contribution in [3.63, 3.8) is 0 Å². The van der Waals surface area contributed by atoms with Crippen LogP contribution in [-0.2, 0) is 6.54 Å². The third kappa shape index (κ3) is 2.27. The summed E-state index contributed by atoms with van der Waals surface area (Å²) in [4.78, 5) is 10.7. The maximum absolute atomic E-state index is 5.63. The summed E-state index contributed by atoms with van der Waals surface area (Å²) in [6.45, 7) is 3.95. The van der Waals surface area contributed by atoms with Crippen LogP contribution in [0.25, 0.3) is 0 Å². The third-order valence-electron chi connectivity index (χ3n) is 2.71. The molecule has 1 unspecified atom stereocenters. The highest BCUT2D eigenvalue weighted by Crippen LogP contribution is 2.16. The van der Waals surface area contributed by atoms with Crippen molar-refractivity contribution in [1.82, 2.24) is 14.9 Å². The molecule has 1 aliphatic rings. The van der Waals surface area contributed by atoms with Crippen LogP contribution in [0.5, 0.6) is 0 Å². The molecular weight excluding hydrogens is 176 g/mol. The zero-order valence-corrected chi connectivity index (χ0v) is 8.26. The third-order valence-corrected chi connectivity index (χ3v) is 2.71. The maximum atomic E-state index is 5.63. The molecule has 1 saturated heterocycles. The van der Waals surface area contributed by atoms with Gasteiger partial charge in [-0.3, -0.25) is 14.9 Å². The van der Waals surface area contributed by atoms with E-state index in [1.54, 1.807) is 12.4 Å². The molecule has 0 radical (unpaired) electrons. The molecule has 0 bridgehead atoms. The fraction of sp³-hybridized carbons (Fsp3) is 0.600. The summed E-state index contributed by atoms with van der Waals surface area (Å²) < 4.78 is 0. The van der Waals surface area contributed by atoms with E-state index in [4.69, 9.17) is 5.73 Å². The van der Waals surface area contributed by atoms with Crippen LogP contribution in [0.1, 0.15) is 12.1 Å². The predicted octanol–water partition coefficient (Wildman–Crippen LogP) is 0.257. The lowest BCUT2D eigenvalue weighted by Crippen LogP contribution is -2.23. The SMILES string of the molecule is NCC1CCN(Cc2cnccn2)C1. The molecular formula is C10H16N4. The summed E-state index contributed by atoms with van der Waals surface area (Å²) in [7, 11) is 0. The number of hydrogen-bond acceptors (Lipinski definition) is 4. The average molecular weight is 192 g/mol. The van der Waals surface area contributed by atoms with Crippen LogP contribution in [-0.4, -0.2) is 34.5 Å². The highest BCUT2D eigenvalue weighted by Gasteiger charge is 2.21. The van der Waals surface area contributed by atoms with Crippen molar-refractivity contribution in [1.29, 1.82) is 0 Å². The van der Waals surface area contributed by atoms with Crippen LogP contribution in [0, 0.1) is 5.92 Å². The van der Waals surface area contributed by atoms with Crippen molar-refractivity contribution < 1.29 is 0 Å². The molecule has 0 saturated carbocycles. The van der Waals surface area contributed by atoms with Gasteiger partial charge in [-0.1, -0.05) is 0 Å². The molecule has 1 aliphatic heterocycles. The molecule has 76 valence electrons. The molecule has 1 fully saturated rings. The summed E-state index contributed by atoms with van der Waals surface area (Å²) in [6, 6.07) is 0. The van der Waals surface area contributed by atoms with Gasteiger partial charge < -0.3 is 5.73 Å². The first-order valence-electron chi connectivity index (χ1n) is 5.06. The molecule has 1 atom stereocenters. The summed E-state index contributed by atoms with van der Waals surface area (Å²) in [5.74, 6) is 0.673. The molecule has 1 aromatic rings. The van der Waals surface area contributed by atoms with Crippen molar-refractivity contribution in [2.24, 2.45) is 11.7 Å². The Labute approximate surface area is 84.2 Å². The molecule has 0 amide bonds. The zero-order valence-electron chi connectivity index (χ0n) is 8.26. The lowest BCUT2D eigenvalue weighted by atomic mass is 10.1. The second-order valence-electron chi connectivity index (χ2n) is 3.82. The fourth-order valence-electron chi connectivity index (χ4n) is 1.89. The minimum Gasteiger partial charge on any atom is -0.330 e. The Bertz CT molecular complexity index is 275. The van der Waals surface area contributed by atoms with Gasteiger partial charge in [0, 0.05) is 31.7 Å². The van der Waals surface area contributed by atoms with Crippen molar-refractivity contribution in [3.05, 3.63) is 24.3 Å². The van der Waals surface area contributed by atoms with Crippen LogP contribution in [0.3, 0.4) is 0 Å². The lowest BCUT2D eigenvalue weighted by Gasteiger charge is -2.14. The van der Waals surface area contributed by atoms with E-state index in [0.717, 1.165) is 31.9 Å². The number of nitrogens with two attached hydrogens (primary N) is 1. The van der Waals surface area contributed by atoms with Crippen molar-refractivity contribution in [2.75, 3.05) is 19.6 Å². The lowest BCUT2D eigenvalue weighted by molar-refractivity contribution is 0.313. The smallest absolute Gasteiger partial charge is 0.0726 e. The molecule has 4 heteroatoms. The number of likely N-dealkylation sites (tertiary alicyclic amines) is 1. The number of aromatic nitrogens is 2. The standard InChI is InChI=1S/C10H16N4/c11-5-9-1-4-14(7-9)8-10-6-12-2-3-13-10/h2-3,6,9H,1,4-5,7-8,11H2. The first-order chi connectivity index (χ1) is 6.88. The van der Waals surface area contributed by atoms with Crippen molar-refractivity contribution in [2.45, 2.75) is 13.0 Å². The first-order valence-corrected chi connectivity index (χ1v) is 5.06. The molecule has 4 nitrogen and oxygen atoms in total. The Balaban J connectivity index is 1.88. The van der Waals surface area contributed by atoms with Gasteiger partial charge in [0.25, 0.3) is 0 Å². The van der Waals surface area contributed by atoms with Gasteiger partial charge in [0.1, 0.15) is 0 Å². The topological polar surface area (TPSA) is 55.0 Å². The van der Waals surface area contributed by atoms with Gasteiger partial charge in [-0.25, -0.2) is 0 Å². The first kappa shape index (κ1) is 9.55. The summed E-state index contributed by atoms with van der Waals surface area (Å²) in [6.07, 6.45) is 6.49.